The quantitative estimate of drug-likeness (QED) is 0.488. The van der Waals surface area contributed by atoms with E-state index in [1.807, 2.05) is 24.3 Å². The molecule has 0 saturated heterocycles. The normalized spacial score (nSPS) is 15.4. The third-order valence-electron chi connectivity index (χ3n) is 4.87. The van der Waals surface area contributed by atoms with Gasteiger partial charge < -0.3 is 14.7 Å². The monoisotopic (exact) mass is 399 g/mol. The number of aliphatic hydroxyl groups is 1. The number of carbonyl (C=O) groups is 1. The number of rotatable bonds is 6. The first-order chi connectivity index (χ1) is 13.4. The third-order valence-corrected chi connectivity index (χ3v) is 5.11. The minimum absolute atomic E-state index is 0.223. The van der Waals surface area contributed by atoms with Crippen LogP contribution in [0, 0.1) is 0 Å². The maximum Gasteiger partial charge on any atom is 0.251 e. The molecule has 1 N–H and O–H groups in total. The number of anilines is 1. The minimum atomic E-state index is -1.01. The SMILES string of the molecule is CCCCCC(C)(O)C=CC(=O)N1Cc2ccccc2Oc2ccc(Cl)cc21. The zero-order valence-electron chi connectivity index (χ0n) is 16.3. The number of hydrogen-bond donors (Lipinski definition) is 1. The predicted octanol–water partition coefficient (Wildman–Crippen LogP) is 5.87. The van der Waals surface area contributed by atoms with Crippen molar-refractivity contribution in [3.63, 3.8) is 0 Å². The van der Waals surface area contributed by atoms with Crippen LogP contribution in [0.25, 0.3) is 0 Å². The molecule has 3 rings (SSSR count). The van der Waals surface area contributed by atoms with Crippen molar-refractivity contribution in [3.05, 3.63) is 65.2 Å². The molecule has 0 saturated carbocycles. The molecular formula is C23H26ClNO3. The average Bonchev–Trinajstić information content (AvgIpc) is 2.83. The summed E-state index contributed by atoms with van der Waals surface area (Å²) in [5.74, 6) is 1.07. The zero-order chi connectivity index (χ0) is 20.1. The van der Waals surface area contributed by atoms with Crippen molar-refractivity contribution in [3.8, 4) is 11.5 Å². The molecule has 148 valence electrons. The van der Waals surface area contributed by atoms with Crippen LogP contribution < -0.4 is 9.64 Å². The van der Waals surface area contributed by atoms with Crippen LogP contribution in [-0.2, 0) is 11.3 Å². The molecule has 1 aliphatic heterocycles. The van der Waals surface area contributed by atoms with Crippen molar-refractivity contribution in [2.24, 2.45) is 0 Å². The van der Waals surface area contributed by atoms with Gasteiger partial charge in [-0.15, -0.1) is 0 Å². The number of halogens is 1. The molecule has 0 radical (unpaired) electrons. The Morgan fingerprint density at radius 1 is 1.25 bits per heavy atom. The van der Waals surface area contributed by atoms with Crippen molar-refractivity contribution in [2.45, 2.75) is 51.7 Å². The zero-order valence-corrected chi connectivity index (χ0v) is 17.1. The number of carbonyl (C=O) groups excluding carboxylic acids is 1. The van der Waals surface area contributed by atoms with Crippen LogP contribution in [-0.4, -0.2) is 16.6 Å². The van der Waals surface area contributed by atoms with E-state index in [4.69, 9.17) is 16.3 Å². The van der Waals surface area contributed by atoms with Gasteiger partial charge in [0, 0.05) is 16.7 Å². The van der Waals surface area contributed by atoms with Crippen LogP contribution in [0.1, 0.15) is 45.1 Å². The van der Waals surface area contributed by atoms with Crippen molar-refractivity contribution >= 4 is 23.2 Å². The van der Waals surface area contributed by atoms with Crippen LogP contribution in [0.3, 0.4) is 0 Å². The Morgan fingerprint density at radius 2 is 2.04 bits per heavy atom. The highest BCUT2D eigenvalue weighted by atomic mass is 35.5. The summed E-state index contributed by atoms with van der Waals surface area (Å²) in [4.78, 5) is 14.7. The summed E-state index contributed by atoms with van der Waals surface area (Å²) in [7, 11) is 0. The summed E-state index contributed by atoms with van der Waals surface area (Å²) in [5, 5.41) is 11.1. The summed E-state index contributed by atoms with van der Waals surface area (Å²) in [5.41, 5.74) is 0.512. The first-order valence-corrected chi connectivity index (χ1v) is 10.1. The second kappa shape index (κ2) is 8.80. The number of amides is 1. The Kier molecular flexibility index (Phi) is 6.42. The van der Waals surface area contributed by atoms with Gasteiger partial charge >= 0.3 is 0 Å². The number of para-hydroxylation sites is 1. The van der Waals surface area contributed by atoms with E-state index in [-0.39, 0.29) is 5.91 Å². The largest absolute Gasteiger partial charge is 0.455 e. The average molecular weight is 400 g/mol. The number of nitrogens with zero attached hydrogens (tertiary/aromatic N) is 1. The molecule has 2 aromatic rings. The highest BCUT2D eigenvalue weighted by Gasteiger charge is 2.25. The summed E-state index contributed by atoms with van der Waals surface area (Å²) >= 11 is 6.18. The van der Waals surface area contributed by atoms with Crippen molar-refractivity contribution in [2.75, 3.05) is 4.90 Å². The van der Waals surface area contributed by atoms with Gasteiger partial charge in [-0.3, -0.25) is 4.79 Å². The molecule has 0 aromatic heterocycles. The van der Waals surface area contributed by atoms with Crippen LogP contribution in [0.5, 0.6) is 11.5 Å². The van der Waals surface area contributed by atoms with Crippen LogP contribution in [0.4, 0.5) is 5.69 Å². The Hall–Kier alpha value is -2.30. The Bertz CT molecular complexity index is 876. The maximum absolute atomic E-state index is 13.0. The van der Waals surface area contributed by atoms with Crippen molar-refractivity contribution in [1.29, 1.82) is 0 Å². The topological polar surface area (TPSA) is 49.8 Å². The Labute approximate surface area is 171 Å². The lowest BCUT2D eigenvalue weighted by molar-refractivity contribution is -0.114. The molecule has 0 aliphatic carbocycles. The van der Waals surface area contributed by atoms with Crippen LogP contribution in [0.15, 0.2) is 54.6 Å². The summed E-state index contributed by atoms with van der Waals surface area (Å²) in [6, 6.07) is 12.9. The Morgan fingerprint density at radius 3 is 2.82 bits per heavy atom. The second-order valence-corrected chi connectivity index (χ2v) is 7.83. The summed E-state index contributed by atoms with van der Waals surface area (Å²) in [6.07, 6.45) is 6.73. The molecule has 1 unspecified atom stereocenters. The van der Waals surface area contributed by atoms with Gasteiger partial charge in [-0.2, -0.15) is 0 Å². The lowest BCUT2D eigenvalue weighted by Gasteiger charge is -2.22. The molecule has 1 atom stereocenters. The Balaban J connectivity index is 1.88. The highest BCUT2D eigenvalue weighted by molar-refractivity contribution is 6.31. The first kappa shape index (κ1) is 20.4. The van der Waals surface area contributed by atoms with Crippen LogP contribution >= 0.6 is 11.6 Å². The molecule has 0 spiro atoms. The third kappa shape index (κ3) is 4.94. The van der Waals surface area contributed by atoms with E-state index >= 15 is 0 Å². The van der Waals surface area contributed by atoms with Gasteiger partial charge in [0.25, 0.3) is 5.91 Å². The number of benzene rings is 2. The fraction of sp³-hybridized carbons (Fsp3) is 0.348. The molecule has 1 aliphatic rings. The molecule has 4 nitrogen and oxygen atoms in total. The van der Waals surface area contributed by atoms with Crippen LogP contribution in [0.2, 0.25) is 5.02 Å². The van der Waals surface area contributed by atoms with E-state index in [0.29, 0.717) is 29.4 Å². The lowest BCUT2D eigenvalue weighted by atomic mass is 9.98. The van der Waals surface area contributed by atoms with E-state index in [9.17, 15) is 9.90 Å². The fourth-order valence-corrected chi connectivity index (χ4v) is 3.42. The molecule has 0 fully saturated rings. The van der Waals surface area contributed by atoms with Gasteiger partial charge in [-0.1, -0.05) is 56.0 Å². The summed E-state index contributed by atoms with van der Waals surface area (Å²) < 4.78 is 6.02. The smallest absolute Gasteiger partial charge is 0.251 e. The second-order valence-electron chi connectivity index (χ2n) is 7.39. The van der Waals surface area contributed by atoms with Gasteiger partial charge in [0.2, 0.25) is 0 Å². The first-order valence-electron chi connectivity index (χ1n) is 9.68. The molecule has 28 heavy (non-hydrogen) atoms. The van der Waals surface area contributed by atoms with Gasteiger partial charge in [-0.25, -0.2) is 0 Å². The molecule has 2 aromatic carbocycles. The summed E-state index contributed by atoms with van der Waals surface area (Å²) in [6.45, 7) is 4.22. The predicted molar refractivity (Wildman–Crippen MR) is 113 cm³/mol. The standard InChI is InChI=1S/C23H26ClNO3/c1-3-4-7-13-23(2,27)14-12-22(26)25-16-17-8-5-6-9-20(17)28-21-11-10-18(24)15-19(21)25/h5-6,8-12,14-15,27H,3-4,7,13,16H2,1-2H3. The van der Waals surface area contributed by atoms with Gasteiger partial charge in [0.05, 0.1) is 17.8 Å². The van der Waals surface area contributed by atoms with Crippen molar-refractivity contribution in [1.82, 2.24) is 0 Å². The molecule has 1 heterocycles. The fourth-order valence-electron chi connectivity index (χ4n) is 3.25. The molecule has 5 heteroatoms. The van der Waals surface area contributed by atoms with E-state index in [1.54, 1.807) is 36.1 Å². The minimum Gasteiger partial charge on any atom is -0.455 e. The molecule has 0 bridgehead atoms. The van der Waals surface area contributed by atoms with E-state index in [1.165, 1.54) is 6.08 Å². The van der Waals surface area contributed by atoms with E-state index < -0.39 is 5.60 Å². The number of fused-ring (bicyclic) bond motifs is 2. The lowest BCUT2D eigenvalue weighted by Crippen LogP contribution is -2.29. The van der Waals surface area contributed by atoms with E-state index in [0.717, 1.165) is 30.6 Å². The number of ether oxygens (including phenoxy) is 1. The molecular weight excluding hydrogens is 374 g/mol. The van der Waals surface area contributed by atoms with Gasteiger partial charge in [0.15, 0.2) is 5.75 Å². The molecule has 1 amide bonds. The number of unbranched alkanes of at least 4 members (excludes halogenated alkanes) is 2. The number of hydrogen-bond acceptors (Lipinski definition) is 3. The maximum atomic E-state index is 13.0. The van der Waals surface area contributed by atoms with Gasteiger partial charge in [-0.05, 0) is 43.7 Å². The van der Waals surface area contributed by atoms with Crippen molar-refractivity contribution < 1.29 is 14.6 Å². The van der Waals surface area contributed by atoms with Gasteiger partial charge in [0.1, 0.15) is 5.75 Å². The highest BCUT2D eigenvalue weighted by Crippen LogP contribution is 2.40. The van der Waals surface area contributed by atoms with E-state index in [2.05, 4.69) is 6.92 Å².